The van der Waals surface area contributed by atoms with Crippen LogP contribution in [0.25, 0.3) is 0 Å². The maximum absolute atomic E-state index is 12.9. The van der Waals surface area contributed by atoms with Crippen LogP contribution in [-0.2, 0) is 22.3 Å². The van der Waals surface area contributed by atoms with E-state index in [1.54, 1.807) is 7.05 Å². The van der Waals surface area contributed by atoms with E-state index >= 15 is 0 Å². The highest BCUT2D eigenvalue weighted by Crippen LogP contribution is 2.27. The predicted octanol–water partition coefficient (Wildman–Crippen LogP) is 0.381. The molecule has 0 saturated carbocycles. The number of likely N-dealkylation sites (N-methyl/N-ethyl adjacent to an activating group) is 1. The number of fused-ring (bicyclic) bond motifs is 1. The first-order valence-electron chi connectivity index (χ1n) is 8.14. The molecule has 1 saturated heterocycles. The Bertz CT molecular complexity index is 574. The lowest BCUT2D eigenvalue weighted by Crippen LogP contribution is -2.56. The fraction of sp³-hybridized carbons (Fsp3) is 0.750. The van der Waals surface area contributed by atoms with E-state index in [9.17, 15) is 9.90 Å². The van der Waals surface area contributed by atoms with Gasteiger partial charge in [-0.2, -0.15) is 5.10 Å². The Hall–Kier alpha value is -1.44. The van der Waals surface area contributed by atoms with Gasteiger partial charge in [-0.25, -0.2) is 0 Å². The van der Waals surface area contributed by atoms with Crippen molar-refractivity contribution in [1.29, 1.82) is 0 Å². The van der Waals surface area contributed by atoms with E-state index in [0.717, 1.165) is 30.5 Å². The lowest BCUT2D eigenvalue weighted by molar-refractivity contribution is -0.135. The van der Waals surface area contributed by atoms with Gasteiger partial charge in [0.05, 0.1) is 19.3 Å². The van der Waals surface area contributed by atoms with Gasteiger partial charge in [0, 0.05) is 25.4 Å². The number of carbonyl (C=O) groups is 1. The van der Waals surface area contributed by atoms with Gasteiger partial charge in [0.1, 0.15) is 12.2 Å². The van der Waals surface area contributed by atoms with Crippen molar-refractivity contribution in [3.63, 3.8) is 0 Å². The SMILES string of the molecule is CO[C@@H]1COC[C@@H](N(C)C(=O)c2n[nH]c3c2C[C@@H](C)CC3)[C@@H]1O. The van der Waals surface area contributed by atoms with Crippen molar-refractivity contribution < 1.29 is 19.4 Å². The van der Waals surface area contributed by atoms with Crippen LogP contribution in [0.4, 0.5) is 0 Å². The molecule has 2 N–H and O–H groups in total. The summed E-state index contributed by atoms with van der Waals surface area (Å²) in [5, 5.41) is 17.6. The summed E-state index contributed by atoms with van der Waals surface area (Å²) < 4.78 is 10.7. The van der Waals surface area contributed by atoms with Gasteiger partial charge in [-0.05, 0) is 25.2 Å². The summed E-state index contributed by atoms with van der Waals surface area (Å²) in [5.41, 5.74) is 2.56. The first-order valence-corrected chi connectivity index (χ1v) is 8.14. The zero-order chi connectivity index (χ0) is 16.6. The molecule has 7 nitrogen and oxygen atoms in total. The summed E-state index contributed by atoms with van der Waals surface area (Å²) >= 11 is 0. The third-order valence-corrected chi connectivity index (χ3v) is 5.06. The molecule has 2 aliphatic rings. The highest BCUT2D eigenvalue weighted by atomic mass is 16.5. The topological polar surface area (TPSA) is 87.7 Å². The number of aromatic nitrogens is 2. The molecular weight excluding hydrogens is 298 g/mol. The second kappa shape index (κ2) is 6.59. The highest BCUT2D eigenvalue weighted by Gasteiger charge is 2.38. The molecule has 7 heteroatoms. The quantitative estimate of drug-likeness (QED) is 0.840. The number of rotatable bonds is 3. The average molecular weight is 323 g/mol. The van der Waals surface area contributed by atoms with Crippen molar-refractivity contribution in [1.82, 2.24) is 15.1 Å². The minimum atomic E-state index is -0.767. The van der Waals surface area contributed by atoms with Crippen molar-refractivity contribution >= 4 is 5.91 Å². The zero-order valence-electron chi connectivity index (χ0n) is 13.9. The number of carbonyl (C=O) groups excluding carboxylic acids is 1. The van der Waals surface area contributed by atoms with Gasteiger partial charge in [-0.3, -0.25) is 9.89 Å². The Morgan fingerprint density at radius 3 is 3.00 bits per heavy atom. The first-order chi connectivity index (χ1) is 11.0. The standard InChI is InChI=1S/C16H25N3O4/c1-9-4-5-11-10(6-9)14(18-17-11)16(21)19(2)12-7-23-8-13(22-3)15(12)20/h9,12-13,15,20H,4-8H2,1-3H3,(H,17,18)/t9-,12+,13+,15-/m0/s1. The lowest BCUT2D eigenvalue weighted by Gasteiger charge is -2.38. The van der Waals surface area contributed by atoms with Crippen LogP contribution in [0.15, 0.2) is 0 Å². The maximum atomic E-state index is 12.9. The number of amides is 1. The number of aliphatic hydroxyl groups is 1. The second-order valence-corrected chi connectivity index (χ2v) is 6.66. The number of aryl methyl sites for hydroxylation is 1. The van der Waals surface area contributed by atoms with Crippen molar-refractivity contribution in [3.05, 3.63) is 17.0 Å². The molecule has 0 spiro atoms. The van der Waals surface area contributed by atoms with Crippen LogP contribution in [0.5, 0.6) is 0 Å². The Morgan fingerprint density at radius 2 is 2.26 bits per heavy atom. The number of hydrogen-bond donors (Lipinski definition) is 2. The van der Waals surface area contributed by atoms with Crippen molar-refractivity contribution in [2.24, 2.45) is 5.92 Å². The number of nitrogens with zero attached hydrogens (tertiary/aromatic N) is 2. The Balaban J connectivity index is 1.79. The molecule has 23 heavy (non-hydrogen) atoms. The fourth-order valence-corrected chi connectivity index (χ4v) is 3.46. The molecule has 1 fully saturated rings. The second-order valence-electron chi connectivity index (χ2n) is 6.66. The molecule has 2 heterocycles. The summed E-state index contributed by atoms with van der Waals surface area (Å²) in [6, 6.07) is -0.436. The number of aliphatic hydroxyl groups excluding tert-OH is 1. The number of aromatic amines is 1. The average Bonchev–Trinajstić information content (AvgIpc) is 2.96. The fourth-order valence-electron chi connectivity index (χ4n) is 3.46. The van der Waals surface area contributed by atoms with Gasteiger partial charge >= 0.3 is 0 Å². The normalized spacial score (nSPS) is 30.8. The molecule has 4 atom stereocenters. The van der Waals surface area contributed by atoms with E-state index in [2.05, 4.69) is 17.1 Å². The molecular formula is C16H25N3O4. The van der Waals surface area contributed by atoms with Crippen LogP contribution in [0.1, 0.15) is 35.1 Å². The highest BCUT2D eigenvalue weighted by molar-refractivity contribution is 5.94. The van der Waals surface area contributed by atoms with Crippen LogP contribution >= 0.6 is 0 Å². The van der Waals surface area contributed by atoms with Gasteiger partial charge < -0.3 is 19.5 Å². The summed E-state index contributed by atoms with van der Waals surface area (Å²) in [6.45, 7) is 2.83. The Labute approximate surface area is 136 Å². The van der Waals surface area contributed by atoms with E-state index in [1.165, 1.54) is 12.0 Å². The number of methoxy groups -OCH3 is 1. The molecule has 1 aliphatic carbocycles. The number of H-pyrrole nitrogens is 1. The third-order valence-electron chi connectivity index (χ3n) is 5.06. The maximum Gasteiger partial charge on any atom is 0.274 e. The summed E-state index contributed by atoms with van der Waals surface area (Å²) in [5.74, 6) is 0.374. The molecule has 1 aromatic heterocycles. The van der Waals surface area contributed by atoms with Crippen molar-refractivity contribution in [2.45, 2.75) is 44.4 Å². The molecule has 0 radical (unpaired) electrons. The Kier molecular flexibility index (Phi) is 4.70. The third kappa shape index (κ3) is 3.00. The van der Waals surface area contributed by atoms with Crippen LogP contribution in [0.3, 0.4) is 0 Å². The lowest BCUT2D eigenvalue weighted by atomic mass is 9.87. The van der Waals surface area contributed by atoms with Crippen LogP contribution in [0, 0.1) is 5.92 Å². The molecule has 3 rings (SSSR count). The Morgan fingerprint density at radius 1 is 1.48 bits per heavy atom. The van der Waals surface area contributed by atoms with Crippen molar-refractivity contribution in [3.8, 4) is 0 Å². The van der Waals surface area contributed by atoms with Crippen LogP contribution < -0.4 is 0 Å². The van der Waals surface area contributed by atoms with Crippen LogP contribution in [-0.4, -0.2) is 71.7 Å². The molecule has 128 valence electrons. The number of hydrogen-bond acceptors (Lipinski definition) is 5. The predicted molar refractivity (Wildman–Crippen MR) is 83.3 cm³/mol. The molecule has 0 bridgehead atoms. The van der Waals surface area contributed by atoms with Gasteiger partial charge in [0.25, 0.3) is 5.91 Å². The van der Waals surface area contributed by atoms with Crippen LogP contribution in [0.2, 0.25) is 0 Å². The molecule has 1 aliphatic heterocycles. The van der Waals surface area contributed by atoms with Crippen molar-refractivity contribution in [2.75, 3.05) is 27.4 Å². The largest absolute Gasteiger partial charge is 0.388 e. The van der Waals surface area contributed by atoms with E-state index in [0.29, 0.717) is 24.8 Å². The molecule has 0 unspecified atom stereocenters. The van der Waals surface area contributed by atoms with E-state index in [4.69, 9.17) is 9.47 Å². The zero-order valence-corrected chi connectivity index (χ0v) is 13.9. The van der Waals surface area contributed by atoms with Gasteiger partial charge in [-0.15, -0.1) is 0 Å². The minimum absolute atomic E-state index is 0.180. The van der Waals surface area contributed by atoms with Gasteiger partial charge in [0.15, 0.2) is 5.69 Å². The summed E-state index contributed by atoms with van der Waals surface area (Å²) in [4.78, 5) is 14.4. The minimum Gasteiger partial charge on any atom is -0.388 e. The van der Waals surface area contributed by atoms with E-state index in [1.807, 2.05) is 0 Å². The molecule has 0 aromatic carbocycles. The van der Waals surface area contributed by atoms with Gasteiger partial charge in [0.2, 0.25) is 0 Å². The summed E-state index contributed by atoms with van der Waals surface area (Å²) in [6.07, 6.45) is 1.73. The first kappa shape index (κ1) is 16.4. The monoisotopic (exact) mass is 323 g/mol. The number of ether oxygens (including phenoxy) is 2. The number of nitrogens with one attached hydrogen (secondary N) is 1. The van der Waals surface area contributed by atoms with E-state index in [-0.39, 0.29) is 5.91 Å². The van der Waals surface area contributed by atoms with E-state index < -0.39 is 18.2 Å². The van der Waals surface area contributed by atoms with Gasteiger partial charge in [-0.1, -0.05) is 6.92 Å². The smallest absolute Gasteiger partial charge is 0.274 e. The molecule has 1 aromatic rings. The summed E-state index contributed by atoms with van der Waals surface area (Å²) in [7, 11) is 3.22. The molecule has 1 amide bonds.